The highest BCUT2D eigenvalue weighted by Gasteiger charge is 2.08. The van der Waals surface area contributed by atoms with Gasteiger partial charge in [-0.15, -0.1) is 0 Å². The summed E-state index contributed by atoms with van der Waals surface area (Å²) in [7, 11) is 4.13. The summed E-state index contributed by atoms with van der Waals surface area (Å²) in [6.45, 7) is 0. The standard InChI is InChI=1S/C14H14N2/c1-15-9-7-12-11(10-15)5-6-14-13(12)4-3-8-16(14)2/h3-10H,1-2H3/q+2. The van der Waals surface area contributed by atoms with Crippen LogP contribution in [0.2, 0.25) is 0 Å². The smallest absolute Gasteiger partial charge is 0.207 e. The molecule has 0 saturated carbocycles. The number of pyridine rings is 2. The molecule has 0 saturated heterocycles. The van der Waals surface area contributed by atoms with Crippen LogP contribution in [0.25, 0.3) is 21.7 Å². The van der Waals surface area contributed by atoms with Gasteiger partial charge in [0.2, 0.25) is 5.52 Å². The molecule has 0 spiro atoms. The van der Waals surface area contributed by atoms with E-state index in [-0.39, 0.29) is 0 Å². The molecule has 2 aromatic heterocycles. The lowest BCUT2D eigenvalue weighted by molar-refractivity contribution is -0.670. The Balaban J connectivity index is 2.55. The molecule has 3 aromatic rings. The first-order chi connectivity index (χ1) is 7.75. The number of aryl methyl sites for hydroxylation is 2. The SMILES string of the molecule is C[n+]1ccc2c(ccc3c2ccc[n+]3C)c1. The van der Waals surface area contributed by atoms with Gasteiger partial charge in [-0.2, -0.15) is 0 Å². The predicted octanol–water partition coefficient (Wildman–Crippen LogP) is 1.64. The molecule has 0 amide bonds. The first kappa shape index (κ1) is 9.28. The Hall–Kier alpha value is -1.96. The van der Waals surface area contributed by atoms with E-state index in [0.29, 0.717) is 0 Å². The van der Waals surface area contributed by atoms with Gasteiger partial charge in [0.15, 0.2) is 18.6 Å². The van der Waals surface area contributed by atoms with E-state index in [9.17, 15) is 0 Å². The summed E-state index contributed by atoms with van der Waals surface area (Å²) in [5.41, 5.74) is 1.27. The zero-order chi connectivity index (χ0) is 11.1. The Morgan fingerprint density at radius 3 is 2.62 bits per heavy atom. The van der Waals surface area contributed by atoms with Crippen LogP contribution < -0.4 is 9.13 Å². The molecule has 0 aliphatic heterocycles. The van der Waals surface area contributed by atoms with Crippen LogP contribution in [0.5, 0.6) is 0 Å². The molecule has 0 aliphatic carbocycles. The number of benzene rings is 1. The van der Waals surface area contributed by atoms with Crippen LogP contribution in [0.15, 0.2) is 48.9 Å². The predicted molar refractivity (Wildman–Crippen MR) is 63.8 cm³/mol. The number of hydrogen-bond acceptors (Lipinski definition) is 0. The second-order valence-corrected chi connectivity index (χ2v) is 4.23. The molecule has 78 valence electrons. The molecular formula is C14H14N2+2. The third-order valence-corrected chi connectivity index (χ3v) is 3.07. The summed E-state index contributed by atoms with van der Waals surface area (Å²) in [6.07, 6.45) is 6.33. The average molecular weight is 210 g/mol. The van der Waals surface area contributed by atoms with Crippen LogP contribution in [0.3, 0.4) is 0 Å². The largest absolute Gasteiger partial charge is 0.212 e. The molecule has 3 rings (SSSR count). The summed E-state index contributed by atoms with van der Waals surface area (Å²) < 4.78 is 4.23. The quantitative estimate of drug-likeness (QED) is 0.394. The molecular weight excluding hydrogens is 196 g/mol. The van der Waals surface area contributed by atoms with Crippen LogP contribution in [0, 0.1) is 0 Å². The highest BCUT2D eigenvalue weighted by molar-refractivity contribution is 6.04. The van der Waals surface area contributed by atoms with E-state index in [1.54, 1.807) is 0 Å². The molecule has 0 bridgehead atoms. The van der Waals surface area contributed by atoms with Gasteiger partial charge in [-0.25, -0.2) is 9.13 Å². The maximum Gasteiger partial charge on any atom is 0.212 e. The van der Waals surface area contributed by atoms with E-state index in [1.807, 2.05) is 0 Å². The van der Waals surface area contributed by atoms with Gasteiger partial charge in [-0.05, 0) is 12.1 Å². The van der Waals surface area contributed by atoms with E-state index >= 15 is 0 Å². The molecule has 2 heterocycles. The molecule has 0 aliphatic rings. The maximum absolute atomic E-state index is 2.18. The minimum Gasteiger partial charge on any atom is -0.207 e. The van der Waals surface area contributed by atoms with E-state index in [4.69, 9.17) is 0 Å². The number of nitrogens with zero attached hydrogens (tertiary/aromatic N) is 2. The van der Waals surface area contributed by atoms with Crippen LogP contribution >= 0.6 is 0 Å². The summed E-state index contributed by atoms with van der Waals surface area (Å²) >= 11 is 0. The topological polar surface area (TPSA) is 7.76 Å². The van der Waals surface area contributed by atoms with Crippen molar-refractivity contribution in [2.24, 2.45) is 14.1 Å². The average Bonchev–Trinajstić information content (AvgIpc) is 2.28. The van der Waals surface area contributed by atoms with Crippen molar-refractivity contribution < 1.29 is 9.13 Å². The first-order valence-corrected chi connectivity index (χ1v) is 5.42. The number of fused-ring (bicyclic) bond motifs is 3. The lowest BCUT2D eigenvalue weighted by Gasteiger charge is -2.00. The van der Waals surface area contributed by atoms with Crippen molar-refractivity contribution in [1.29, 1.82) is 0 Å². The molecule has 2 heteroatoms. The van der Waals surface area contributed by atoms with Crippen LogP contribution in [0.1, 0.15) is 0 Å². The van der Waals surface area contributed by atoms with E-state index in [1.165, 1.54) is 21.7 Å². The van der Waals surface area contributed by atoms with Crippen molar-refractivity contribution in [1.82, 2.24) is 0 Å². The minimum absolute atomic E-state index is 1.27. The van der Waals surface area contributed by atoms with E-state index in [2.05, 4.69) is 72.2 Å². The molecule has 0 N–H and O–H groups in total. The molecule has 0 unspecified atom stereocenters. The van der Waals surface area contributed by atoms with Crippen LogP contribution in [-0.4, -0.2) is 0 Å². The Kier molecular flexibility index (Phi) is 1.90. The van der Waals surface area contributed by atoms with Gasteiger partial charge in [-0.3, -0.25) is 0 Å². The highest BCUT2D eigenvalue weighted by atomic mass is 14.9. The lowest BCUT2D eigenvalue weighted by Crippen LogP contribution is -2.28. The lowest BCUT2D eigenvalue weighted by atomic mass is 10.1. The molecule has 2 nitrogen and oxygen atoms in total. The van der Waals surface area contributed by atoms with Gasteiger partial charge in [-0.1, -0.05) is 0 Å². The van der Waals surface area contributed by atoms with Crippen LogP contribution in [0.4, 0.5) is 0 Å². The normalized spacial score (nSPS) is 11.1. The van der Waals surface area contributed by atoms with Crippen molar-refractivity contribution in [2.75, 3.05) is 0 Å². The zero-order valence-corrected chi connectivity index (χ0v) is 9.51. The fourth-order valence-corrected chi connectivity index (χ4v) is 2.23. The fraction of sp³-hybridized carbons (Fsp3) is 0.143. The Morgan fingerprint density at radius 2 is 1.75 bits per heavy atom. The zero-order valence-electron chi connectivity index (χ0n) is 9.51. The third kappa shape index (κ3) is 1.27. The summed E-state index contributed by atoms with van der Waals surface area (Å²) in [5.74, 6) is 0. The summed E-state index contributed by atoms with van der Waals surface area (Å²) in [5, 5.41) is 3.90. The number of rotatable bonds is 0. The van der Waals surface area contributed by atoms with Crippen molar-refractivity contribution in [3.63, 3.8) is 0 Å². The van der Waals surface area contributed by atoms with Gasteiger partial charge >= 0.3 is 0 Å². The van der Waals surface area contributed by atoms with Crippen molar-refractivity contribution >= 4 is 21.7 Å². The van der Waals surface area contributed by atoms with Crippen molar-refractivity contribution in [2.45, 2.75) is 0 Å². The monoisotopic (exact) mass is 210 g/mol. The van der Waals surface area contributed by atoms with Crippen molar-refractivity contribution in [3.05, 3.63) is 48.9 Å². The highest BCUT2D eigenvalue weighted by Crippen LogP contribution is 2.21. The second-order valence-electron chi connectivity index (χ2n) is 4.23. The van der Waals surface area contributed by atoms with E-state index < -0.39 is 0 Å². The van der Waals surface area contributed by atoms with Crippen LogP contribution in [-0.2, 0) is 14.1 Å². The van der Waals surface area contributed by atoms with Gasteiger partial charge in [0.1, 0.15) is 14.1 Å². The number of hydrogen-bond donors (Lipinski definition) is 0. The van der Waals surface area contributed by atoms with E-state index in [0.717, 1.165) is 0 Å². The summed E-state index contributed by atoms with van der Waals surface area (Å²) in [6, 6.07) is 10.8. The molecule has 0 atom stereocenters. The first-order valence-electron chi connectivity index (χ1n) is 5.42. The minimum atomic E-state index is 1.27. The molecule has 1 aromatic carbocycles. The number of aromatic nitrogens is 2. The molecule has 16 heavy (non-hydrogen) atoms. The summed E-state index contributed by atoms with van der Waals surface area (Å²) in [4.78, 5) is 0. The van der Waals surface area contributed by atoms with Crippen molar-refractivity contribution in [3.8, 4) is 0 Å². The third-order valence-electron chi connectivity index (χ3n) is 3.07. The molecule has 0 fully saturated rings. The second kappa shape index (κ2) is 3.27. The fourth-order valence-electron chi connectivity index (χ4n) is 2.23. The van der Waals surface area contributed by atoms with Gasteiger partial charge in [0, 0.05) is 29.0 Å². The Morgan fingerprint density at radius 1 is 0.875 bits per heavy atom. The molecule has 0 radical (unpaired) electrons. The Labute approximate surface area is 94.4 Å². The van der Waals surface area contributed by atoms with Gasteiger partial charge in [0.25, 0.3) is 0 Å². The van der Waals surface area contributed by atoms with Gasteiger partial charge < -0.3 is 0 Å². The van der Waals surface area contributed by atoms with Gasteiger partial charge in [0.05, 0.1) is 5.39 Å². The Bertz CT molecular complexity index is 687. The maximum atomic E-state index is 2.18.